The Kier molecular flexibility index (Phi) is 3.73. The van der Waals surface area contributed by atoms with Crippen LogP contribution in [-0.2, 0) is 0 Å². The zero-order chi connectivity index (χ0) is 7.49. The van der Waals surface area contributed by atoms with Gasteiger partial charge in [-0.05, 0) is 17.5 Å². The summed E-state index contributed by atoms with van der Waals surface area (Å²) in [6.07, 6.45) is 2.77. The molecule has 0 saturated carbocycles. The number of hydrogen-bond acceptors (Lipinski definition) is 0. The number of hydrogen-bond donors (Lipinski definition) is 0. The summed E-state index contributed by atoms with van der Waals surface area (Å²) in [6, 6.07) is 0. The van der Waals surface area contributed by atoms with E-state index in [1.807, 2.05) is 0 Å². The average molecular weight is 146 g/mol. The molecule has 0 fully saturated rings. The molecule has 0 unspecified atom stereocenters. The molecule has 0 saturated heterocycles. The van der Waals surface area contributed by atoms with Crippen LogP contribution in [0.25, 0.3) is 0 Å². The van der Waals surface area contributed by atoms with Gasteiger partial charge in [-0.1, -0.05) is 34.6 Å². The molecule has 0 nitrogen and oxygen atoms in total. The molecule has 0 aliphatic heterocycles. The minimum Gasteiger partial charge on any atom is -0.102 e. The maximum atomic E-state index is 2.35. The van der Waals surface area contributed by atoms with Crippen LogP contribution in [0.5, 0.6) is 0 Å². The van der Waals surface area contributed by atoms with Crippen LogP contribution in [0.4, 0.5) is 0 Å². The molecule has 1 heteroatoms. The summed E-state index contributed by atoms with van der Waals surface area (Å²) in [7, 11) is 0.303. The first-order chi connectivity index (χ1) is 4.02. The lowest BCUT2D eigenvalue weighted by Crippen LogP contribution is -2.13. The quantitative estimate of drug-likeness (QED) is 0.524. The Hall–Kier alpha value is 0.430. The van der Waals surface area contributed by atoms with Gasteiger partial charge in [-0.3, -0.25) is 0 Å². The first-order valence-electron chi connectivity index (χ1n) is 3.77. The molecule has 0 bridgehead atoms. The first-order valence-corrected chi connectivity index (χ1v) is 5.48. The first kappa shape index (κ1) is 9.43. The molecule has 0 rings (SSSR count). The van der Waals surface area contributed by atoms with Crippen molar-refractivity contribution < 1.29 is 0 Å². The molecule has 0 aromatic rings. The lowest BCUT2D eigenvalue weighted by atomic mass is 10.3. The molecule has 0 amide bonds. The van der Waals surface area contributed by atoms with Crippen molar-refractivity contribution >= 4 is 7.92 Å². The van der Waals surface area contributed by atoms with E-state index >= 15 is 0 Å². The second kappa shape index (κ2) is 3.56. The van der Waals surface area contributed by atoms with Gasteiger partial charge in [0.25, 0.3) is 0 Å². The zero-order valence-electron chi connectivity index (χ0n) is 7.36. The van der Waals surface area contributed by atoms with Crippen molar-refractivity contribution in [2.75, 3.05) is 12.3 Å². The van der Waals surface area contributed by atoms with Gasteiger partial charge in [-0.15, -0.1) is 7.92 Å². The summed E-state index contributed by atoms with van der Waals surface area (Å²) in [4.78, 5) is 0. The van der Waals surface area contributed by atoms with Gasteiger partial charge in [-0.25, -0.2) is 0 Å². The van der Waals surface area contributed by atoms with Crippen molar-refractivity contribution in [3.63, 3.8) is 0 Å². The van der Waals surface area contributed by atoms with Crippen LogP contribution in [0.15, 0.2) is 0 Å². The molecule has 0 aromatic carbocycles. The molecule has 0 aromatic heterocycles. The van der Waals surface area contributed by atoms with Crippen molar-refractivity contribution in [3.8, 4) is 0 Å². The van der Waals surface area contributed by atoms with Crippen LogP contribution < -0.4 is 0 Å². The van der Waals surface area contributed by atoms with Gasteiger partial charge in [-0.2, -0.15) is 0 Å². The maximum absolute atomic E-state index is 2.35. The largest absolute Gasteiger partial charge is 0.102 e. The van der Waals surface area contributed by atoms with Crippen LogP contribution >= 0.6 is 7.92 Å². The molecular formula is C8H19P. The van der Waals surface area contributed by atoms with Gasteiger partial charge in [0.05, 0.1) is 0 Å². The molecular weight excluding hydrogens is 127 g/mol. The zero-order valence-corrected chi connectivity index (χ0v) is 8.26. The van der Waals surface area contributed by atoms with E-state index in [-0.39, 0.29) is 0 Å². The van der Waals surface area contributed by atoms with E-state index < -0.39 is 0 Å². The van der Waals surface area contributed by atoms with Gasteiger partial charge >= 0.3 is 0 Å². The normalized spacial score (nSPS) is 12.7. The summed E-state index contributed by atoms with van der Waals surface area (Å²) >= 11 is 0. The Morgan fingerprint density at radius 3 is 1.33 bits per heavy atom. The Balaban J connectivity index is 3.79. The summed E-state index contributed by atoms with van der Waals surface area (Å²) in [6.45, 7) is 11.7. The lowest BCUT2D eigenvalue weighted by Gasteiger charge is -2.29. The van der Waals surface area contributed by atoms with E-state index in [1.54, 1.807) is 0 Å². The molecule has 0 radical (unpaired) electrons. The fourth-order valence-electron chi connectivity index (χ4n) is 1.17. The third kappa shape index (κ3) is 3.20. The summed E-state index contributed by atoms with van der Waals surface area (Å²) in [5.74, 6) is 0. The smallest absolute Gasteiger partial charge is 0.0179 e. The Labute approximate surface area is 60.8 Å². The summed E-state index contributed by atoms with van der Waals surface area (Å²) in [5, 5.41) is 0.582. The van der Waals surface area contributed by atoms with E-state index in [4.69, 9.17) is 0 Å². The third-order valence-electron chi connectivity index (χ3n) is 1.71. The van der Waals surface area contributed by atoms with Crippen LogP contribution in [0.3, 0.4) is 0 Å². The molecule has 0 heterocycles. The topological polar surface area (TPSA) is 0 Å². The lowest BCUT2D eigenvalue weighted by molar-refractivity contribution is 0.780. The second-order valence-corrected chi connectivity index (χ2v) is 7.03. The standard InChI is InChI=1S/C8H19P/c1-6-9(7-2)8(3,4)5/h6-7H2,1-5H3. The van der Waals surface area contributed by atoms with Crippen molar-refractivity contribution in [3.05, 3.63) is 0 Å². The fraction of sp³-hybridized carbons (Fsp3) is 1.00. The predicted octanol–water partition coefficient (Wildman–Crippen LogP) is 3.31. The van der Waals surface area contributed by atoms with Crippen molar-refractivity contribution in [1.82, 2.24) is 0 Å². The summed E-state index contributed by atoms with van der Waals surface area (Å²) < 4.78 is 0. The van der Waals surface area contributed by atoms with Crippen LogP contribution in [-0.4, -0.2) is 17.5 Å². The van der Waals surface area contributed by atoms with E-state index in [0.29, 0.717) is 13.1 Å². The number of rotatable bonds is 2. The highest BCUT2D eigenvalue weighted by molar-refractivity contribution is 7.59. The minimum atomic E-state index is 0.303. The molecule has 56 valence electrons. The SMILES string of the molecule is CCP(CC)C(C)(C)C. The van der Waals surface area contributed by atoms with E-state index in [0.717, 1.165) is 0 Å². The Morgan fingerprint density at radius 2 is 1.33 bits per heavy atom. The molecule has 0 atom stereocenters. The maximum Gasteiger partial charge on any atom is -0.0179 e. The van der Waals surface area contributed by atoms with E-state index in [9.17, 15) is 0 Å². The second-order valence-electron chi connectivity index (χ2n) is 3.34. The summed E-state index contributed by atoms with van der Waals surface area (Å²) in [5.41, 5.74) is 0. The van der Waals surface area contributed by atoms with E-state index in [1.165, 1.54) is 12.3 Å². The third-order valence-corrected chi connectivity index (χ3v) is 5.14. The molecule has 0 aliphatic carbocycles. The van der Waals surface area contributed by atoms with Gasteiger partial charge < -0.3 is 0 Å². The highest BCUT2D eigenvalue weighted by atomic mass is 31.1. The van der Waals surface area contributed by atoms with Gasteiger partial charge in [0.15, 0.2) is 0 Å². The van der Waals surface area contributed by atoms with Crippen LogP contribution in [0.2, 0.25) is 0 Å². The monoisotopic (exact) mass is 146 g/mol. The fourth-order valence-corrected chi connectivity index (χ4v) is 3.52. The minimum absolute atomic E-state index is 0.303. The highest BCUT2D eigenvalue weighted by Gasteiger charge is 2.19. The predicted molar refractivity (Wildman–Crippen MR) is 47.8 cm³/mol. The van der Waals surface area contributed by atoms with Crippen LogP contribution in [0.1, 0.15) is 34.6 Å². The Bertz CT molecular complexity index is 67.1. The molecule has 0 aliphatic rings. The van der Waals surface area contributed by atoms with Gasteiger partial charge in [0.2, 0.25) is 0 Å². The Morgan fingerprint density at radius 1 is 1.00 bits per heavy atom. The average Bonchev–Trinajstić information content (AvgIpc) is 1.65. The van der Waals surface area contributed by atoms with Crippen molar-refractivity contribution in [2.45, 2.75) is 39.8 Å². The molecule has 0 spiro atoms. The van der Waals surface area contributed by atoms with Crippen molar-refractivity contribution in [2.24, 2.45) is 0 Å². The van der Waals surface area contributed by atoms with Crippen LogP contribution in [0, 0.1) is 0 Å². The van der Waals surface area contributed by atoms with Gasteiger partial charge in [0.1, 0.15) is 0 Å². The molecule has 9 heavy (non-hydrogen) atoms. The van der Waals surface area contributed by atoms with E-state index in [2.05, 4.69) is 34.6 Å². The molecule has 0 N–H and O–H groups in total. The van der Waals surface area contributed by atoms with Crippen molar-refractivity contribution in [1.29, 1.82) is 0 Å². The highest BCUT2D eigenvalue weighted by Crippen LogP contribution is 2.48. The van der Waals surface area contributed by atoms with Gasteiger partial charge in [0, 0.05) is 0 Å².